The number of anilines is 1. The maximum absolute atomic E-state index is 12.1. The van der Waals surface area contributed by atoms with Crippen LogP contribution in [-0.2, 0) is 4.79 Å². The lowest BCUT2D eigenvalue weighted by molar-refractivity contribution is -0.113. The first kappa shape index (κ1) is 17.1. The van der Waals surface area contributed by atoms with Gasteiger partial charge in [0.05, 0.1) is 5.75 Å². The number of thioether (sulfide) groups is 1. The Hall–Kier alpha value is -2.27. The smallest absolute Gasteiger partial charge is 0.251 e. The van der Waals surface area contributed by atoms with Crippen molar-refractivity contribution in [2.75, 3.05) is 18.1 Å². The van der Waals surface area contributed by atoms with Crippen LogP contribution in [0.5, 0.6) is 0 Å². The minimum Gasteiger partial charge on any atom is -0.355 e. The van der Waals surface area contributed by atoms with Gasteiger partial charge < -0.3 is 10.6 Å². The summed E-state index contributed by atoms with van der Waals surface area (Å²) < 4.78 is 0. The molecule has 0 aromatic heterocycles. The monoisotopic (exact) mass is 328 g/mol. The summed E-state index contributed by atoms with van der Waals surface area (Å²) in [4.78, 5) is 24.7. The van der Waals surface area contributed by atoms with Crippen molar-refractivity contribution in [3.8, 4) is 0 Å². The van der Waals surface area contributed by atoms with E-state index in [1.807, 2.05) is 38.1 Å². The van der Waals surface area contributed by atoms with E-state index < -0.39 is 0 Å². The maximum Gasteiger partial charge on any atom is 0.251 e. The van der Waals surface area contributed by atoms with Crippen LogP contribution in [-0.4, -0.2) is 24.6 Å². The molecule has 0 fully saturated rings. The number of rotatable bonds is 5. The molecule has 2 aromatic rings. The van der Waals surface area contributed by atoms with E-state index in [9.17, 15) is 9.59 Å². The molecule has 2 rings (SSSR count). The third kappa shape index (κ3) is 4.86. The normalized spacial score (nSPS) is 10.2. The molecule has 120 valence electrons. The zero-order chi connectivity index (χ0) is 16.8. The lowest BCUT2D eigenvalue weighted by Crippen LogP contribution is -2.19. The number of hydrogen-bond acceptors (Lipinski definition) is 3. The van der Waals surface area contributed by atoms with Gasteiger partial charge in [-0.3, -0.25) is 9.59 Å². The predicted octanol–water partition coefficient (Wildman–Crippen LogP) is 3.39. The van der Waals surface area contributed by atoms with Crippen LogP contribution in [0.15, 0.2) is 47.4 Å². The average Bonchev–Trinajstić information content (AvgIpc) is 2.55. The molecular formula is C18H20N2O2S. The topological polar surface area (TPSA) is 58.2 Å². The lowest BCUT2D eigenvalue weighted by Gasteiger charge is -2.10. The molecule has 0 saturated heterocycles. The molecule has 5 heteroatoms. The van der Waals surface area contributed by atoms with E-state index in [1.165, 1.54) is 17.3 Å². The van der Waals surface area contributed by atoms with Crippen LogP contribution in [0, 0.1) is 13.8 Å². The summed E-state index contributed by atoms with van der Waals surface area (Å²) in [5, 5.41) is 5.47. The zero-order valence-corrected chi connectivity index (χ0v) is 14.3. The molecule has 2 aromatic carbocycles. The molecule has 0 bridgehead atoms. The van der Waals surface area contributed by atoms with Crippen molar-refractivity contribution in [1.82, 2.24) is 5.32 Å². The van der Waals surface area contributed by atoms with Crippen LogP contribution in [0.2, 0.25) is 0 Å². The van der Waals surface area contributed by atoms with E-state index in [0.717, 1.165) is 16.1 Å². The summed E-state index contributed by atoms with van der Waals surface area (Å²) in [6.07, 6.45) is 0. The van der Waals surface area contributed by atoms with E-state index in [0.29, 0.717) is 11.3 Å². The SMILES string of the molecule is CNC(=O)c1ccc(NC(=O)CSc2ccc(C)cc2)c(C)c1. The Labute approximate surface area is 140 Å². The van der Waals surface area contributed by atoms with Gasteiger partial charge in [0.1, 0.15) is 0 Å². The van der Waals surface area contributed by atoms with Crippen molar-refractivity contribution in [3.05, 3.63) is 59.2 Å². The van der Waals surface area contributed by atoms with Crippen molar-refractivity contribution in [2.24, 2.45) is 0 Å². The molecule has 2 amide bonds. The second-order valence-corrected chi connectivity index (χ2v) is 6.31. The highest BCUT2D eigenvalue weighted by molar-refractivity contribution is 8.00. The van der Waals surface area contributed by atoms with Gasteiger partial charge in [-0.1, -0.05) is 17.7 Å². The standard InChI is InChI=1S/C18H20N2O2S/c1-12-4-7-15(8-5-12)23-11-17(21)20-16-9-6-14(10-13(16)2)18(22)19-3/h4-10H,11H2,1-3H3,(H,19,22)(H,20,21). The zero-order valence-electron chi connectivity index (χ0n) is 13.5. The predicted molar refractivity (Wildman–Crippen MR) is 95.1 cm³/mol. The van der Waals surface area contributed by atoms with Crippen LogP contribution in [0.3, 0.4) is 0 Å². The van der Waals surface area contributed by atoms with E-state index >= 15 is 0 Å². The van der Waals surface area contributed by atoms with Gasteiger partial charge in [0.2, 0.25) is 5.91 Å². The number of hydrogen-bond donors (Lipinski definition) is 2. The van der Waals surface area contributed by atoms with Gasteiger partial charge in [-0.25, -0.2) is 0 Å². The average molecular weight is 328 g/mol. The Kier molecular flexibility index (Phi) is 5.82. The largest absolute Gasteiger partial charge is 0.355 e. The van der Waals surface area contributed by atoms with Gasteiger partial charge in [0.15, 0.2) is 0 Å². The molecule has 4 nitrogen and oxygen atoms in total. The molecule has 2 N–H and O–H groups in total. The molecule has 0 atom stereocenters. The number of aryl methyl sites for hydroxylation is 2. The van der Waals surface area contributed by atoms with Crippen molar-refractivity contribution >= 4 is 29.3 Å². The summed E-state index contributed by atoms with van der Waals surface area (Å²) in [5.41, 5.74) is 3.37. The first-order chi connectivity index (χ1) is 11.0. The molecule has 0 aliphatic heterocycles. The van der Waals surface area contributed by atoms with Crippen LogP contribution in [0.25, 0.3) is 0 Å². The lowest BCUT2D eigenvalue weighted by atomic mass is 10.1. The van der Waals surface area contributed by atoms with Crippen LogP contribution in [0.1, 0.15) is 21.5 Å². The van der Waals surface area contributed by atoms with Gasteiger partial charge in [-0.05, 0) is 49.7 Å². The fraction of sp³-hybridized carbons (Fsp3) is 0.222. The first-order valence-electron chi connectivity index (χ1n) is 7.31. The Morgan fingerprint density at radius 3 is 2.35 bits per heavy atom. The van der Waals surface area contributed by atoms with E-state index in [4.69, 9.17) is 0 Å². The number of carbonyl (C=O) groups is 2. The molecule has 0 spiro atoms. The third-order valence-electron chi connectivity index (χ3n) is 3.38. The summed E-state index contributed by atoms with van der Waals surface area (Å²) in [6, 6.07) is 13.3. The van der Waals surface area contributed by atoms with E-state index in [2.05, 4.69) is 10.6 Å². The number of benzene rings is 2. The van der Waals surface area contributed by atoms with Crippen molar-refractivity contribution in [1.29, 1.82) is 0 Å². The molecular weight excluding hydrogens is 308 g/mol. The maximum atomic E-state index is 12.1. The summed E-state index contributed by atoms with van der Waals surface area (Å²) >= 11 is 1.50. The Morgan fingerprint density at radius 1 is 1.04 bits per heavy atom. The summed E-state index contributed by atoms with van der Waals surface area (Å²) in [6.45, 7) is 3.90. The molecule has 0 unspecified atom stereocenters. The Balaban J connectivity index is 1.94. The van der Waals surface area contributed by atoms with Gasteiger partial charge in [0, 0.05) is 23.2 Å². The summed E-state index contributed by atoms with van der Waals surface area (Å²) in [5.74, 6) is 0.145. The van der Waals surface area contributed by atoms with Gasteiger partial charge >= 0.3 is 0 Å². The van der Waals surface area contributed by atoms with Crippen molar-refractivity contribution in [2.45, 2.75) is 18.7 Å². The fourth-order valence-corrected chi connectivity index (χ4v) is 2.76. The molecule has 0 aliphatic carbocycles. The van der Waals surface area contributed by atoms with Crippen molar-refractivity contribution in [3.63, 3.8) is 0 Å². The molecule has 0 aliphatic rings. The van der Waals surface area contributed by atoms with Crippen LogP contribution in [0.4, 0.5) is 5.69 Å². The third-order valence-corrected chi connectivity index (χ3v) is 4.39. The summed E-state index contributed by atoms with van der Waals surface area (Å²) in [7, 11) is 1.59. The van der Waals surface area contributed by atoms with Gasteiger partial charge in [-0.15, -0.1) is 11.8 Å². The van der Waals surface area contributed by atoms with Gasteiger partial charge in [0.25, 0.3) is 5.91 Å². The fourth-order valence-electron chi connectivity index (χ4n) is 2.06. The number of nitrogens with one attached hydrogen (secondary N) is 2. The Morgan fingerprint density at radius 2 is 1.74 bits per heavy atom. The van der Waals surface area contributed by atoms with Crippen molar-refractivity contribution < 1.29 is 9.59 Å². The molecule has 23 heavy (non-hydrogen) atoms. The molecule has 0 radical (unpaired) electrons. The van der Waals surface area contributed by atoms with Crippen LogP contribution >= 0.6 is 11.8 Å². The first-order valence-corrected chi connectivity index (χ1v) is 8.30. The van der Waals surface area contributed by atoms with Gasteiger partial charge in [-0.2, -0.15) is 0 Å². The van der Waals surface area contributed by atoms with E-state index in [1.54, 1.807) is 25.2 Å². The highest BCUT2D eigenvalue weighted by Crippen LogP contribution is 2.20. The minimum atomic E-state index is -0.138. The highest BCUT2D eigenvalue weighted by Gasteiger charge is 2.09. The molecule has 0 saturated carbocycles. The highest BCUT2D eigenvalue weighted by atomic mass is 32.2. The van der Waals surface area contributed by atoms with E-state index in [-0.39, 0.29) is 11.8 Å². The van der Waals surface area contributed by atoms with Crippen LogP contribution < -0.4 is 10.6 Å². The second kappa shape index (κ2) is 7.83. The number of amides is 2. The number of carbonyl (C=O) groups excluding carboxylic acids is 2. The molecule has 0 heterocycles. The Bertz CT molecular complexity index is 711. The minimum absolute atomic E-state index is 0.0635. The second-order valence-electron chi connectivity index (χ2n) is 5.26. The quantitative estimate of drug-likeness (QED) is 0.827.